The van der Waals surface area contributed by atoms with Gasteiger partial charge in [0.05, 0.1) is 0 Å². The van der Waals surface area contributed by atoms with Crippen molar-refractivity contribution in [2.24, 2.45) is 0 Å². The van der Waals surface area contributed by atoms with Crippen molar-refractivity contribution < 1.29 is 4.79 Å². The molecule has 0 radical (unpaired) electrons. The van der Waals surface area contributed by atoms with Crippen molar-refractivity contribution >= 4 is 29.6 Å². The van der Waals surface area contributed by atoms with Gasteiger partial charge in [-0.2, -0.15) is 0 Å². The molecule has 0 aliphatic carbocycles. The van der Waals surface area contributed by atoms with Crippen LogP contribution in [0.15, 0.2) is 72.9 Å². The Bertz CT molecular complexity index is 890. The Hall–Kier alpha value is -3.40. The normalized spacial score (nSPS) is 10.7. The summed E-state index contributed by atoms with van der Waals surface area (Å²) < 4.78 is 0. The molecule has 3 rings (SSSR count). The van der Waals surface area contributed by atoms with Crippen LogP contribution in [0.2, 0.25) is 0 Å². The fourth-order valence-electron chi connectivity index (χ4n) is 2.54. The van der Waals surface area contributed by atoms with Crippen LogP contribution in [0.4, 0.5) is 11.5 Å². The van der Waals surface area contributed by atoms with Gasteiger partial charge in [-0.15, -0.1) is 0 Å². The molecule has 4 heteroatoms. The van der Waals surface area contributed by atoms with Gasteiger partial charge in [0.2, 0.25) is 5.91 Å². The summed E-state index contributed by atoms with van der Waals surface area (Å²) in [6.07, 6.45) is 5.89. The highest BCUT2D eigenvalue weighted by Gasteiger charge is 2.04. The van der Waals surface area contributed by atoms with Crippen LogP contribution in [0, 0.1) is 0 Å². The molecule has 1 aromatic heterocycles. The Labute approximate surface area is 153 Å². The van der Waals surface area contributed by atoms with E-state index in [4.69, 9.17) is 0 Å². The van der Waals surface area contributed by atoms with Crippen molar-refractivity contribution in [1.29, 1.82) is 0 Å². The van der Waals surface area contributed by atoms with E-state index in [1.165, 1.54) is 6.92 Å². The second-order valence-corrected chi connectivity index (χ2v) is 5.91. The molecular formula is C22H21N3O. The van der Waals surface area contributed by atoms with Crippen molar-refractivity contribution in [3.05, 3.63) is 89.6 Å². The van der Waals surface area contributed by atoms with Crippen LogP contribution in [0.5, 0.6) is 0 Å². The molecule has 130 valence electrons. The molecule has 26 heavy (non-hydrogen) atoms. The van der Waals surface area contributed by atoms with E-state index in [0.717, 1.165) is 28.2 Å². The fraction of sp³-hybridized carbons (Fsp3) is 0.0909. The predicted molar refractivity (Wildman–Crippen MR) is 107 cm³/mol. The lowest BCUT2D eigenvalue weighted by Crippen LogP contribution is -2.19. The average Bonchev–Trinajstić information content (AvgIpc) is 2.67. The second-order valence-electron chi connectivity index (χ2n) is 5.91. The van der Waals surface area contributed by atoms with Crippen LogP contribution < -0.4 is 10.6 Å². The Morgan fingerprint density at radius 1 is 1.00 bits per heavy atom. The highest BCUT2D eigenvalue weighted by molar-refractivity contribution is 5.75. The molecule has 1 heterocycles. The summed E-state index contributed by atoms with van der Waals surface area (Å²) in [6, 6.07) is 21.9. The SMILES string of the molecule is CC(=O)NCc1ccc(Nc2ccccn2)cc1/C=C\c1ccccc1. The number of anilines is 2. The quantitative estimate of drug-likeness (QED) is 0.642. The summed E-state index contributed by atoms with van der Waals surface area (Å²) in [5, 5.41) is 6.17. The largest absolute Gasteiger partial charge is 0.352 e. The standard InChI is InChI=1S/C22H21N3O/c1-17(26)24-16-20-12-13-21(25-22-9-5-6-14-23-22)15-19(20)11-10-18-7-3-2-4-8-18/h2-15H,16H2,1H3,(H,23,25)(H,24,26)/b11-10-. The number of rotatable bonds is 6. The number of carbonyl (C=O) groups is 1. The molecule has 0 unspecified atom stereocenters. The van der Waals surface area contributed by atoms with Crippen LogP contribution in [-0.4, -0.2) is 10.9 Å². The summed E-state index contributed by atoms with van der Waals surface area (Å²) in [5.74, 6) is 0.749. The first-order valence-electron chi connectivity index (χ1n) is 8.49. The van der Waals surface area contributed by atoms with Crippen LogP contribution in [0.3, 0.4) is 0 Å². The Balaban J connectivity index is 1.87. The van der Waals surface area contributed by atoms with Gasteiger partial charge in [0.15, 0.2) is 0 Å². The fourth-order valence-corrected chi connectivity index (χ4v) is 2.54. The number of nitrogens with one attached hydrogen (secondary N) is 2. The molecule has 0 fully saturated rings. The van der Waals surface area contributed by atoms with E-state index < -0.39 is 0 Å². The van der Waals surface area contributed by atoms with Gasteiger partial charge in [-0.1, -0.05) is 54.6 Å². The van der Waals surface area contributed by atoms with Crippen molar-refractivity contribution in [3.8, 4) is 0 Å². The van der Waals surface area contributed by atoms with Gasteiger partial charge in [0, 0.05) is 25.4 Å². The van der Waals surface area contributed by atoms with Crippen molar-refractivity contribution in [2.45, 2.75) is 13.5 Å². The molecule has 0 aliphatic rings. The second kappa shape index (κ2) is 8.62. The molecule has 3 aromatic rings. The number of pyridine rings is 1. The summed E-state index contributed by atoms with van der Waals surface area (Å²) >= 11 is 0. The number of carbonyl (C=O) groups excluding carboxylic acids is 1. The highest BCUT2D eigenvalue weighted by atomic mass is 16.1. The van der Waals surface area contributed by atoms with E-state index in [-0.39, 0.29) is 5.91 Å². The van der Waals surface area contributed by atoms with Crippen LogP contribution in [0.25, 0.3) is 12.2 Å². The zero-order chi connectivity index (χ0) is 18.2. The topological polar surface area (TPSA) is 54.0 Å². The Morgan fingerprint density at radius 3 is 2.54 bits per heavy atom. The summed E-state index contributed by atoms with van der Waals surface area (Å²) in [5.41, 5.74) is 4.17. The van der Waals surface area contributed by atoms with Gasteiger partial charge in [-0.25, -0.2) is 4.98 Å². The lowest BCUT2D eigenvalue weighted by Gasteiger charge is -2.11. The summed E-state index contributed by atoms with van der Waals surface area (Å²) in [6.45, 7) is 2.02. The Morgan fingerprint density at radius 2 is 1.81 bits per heavy atom. The van der Waals surface area contributed by atoms with E-state index in [1.54, 1.807) is 6.20 Å². The number of benzene rings is 2. The van der Waals surface area contributed by atoms with Crippen molar-refractivity contribution in [3.63, 3.8) is 0 Å². The van der Waals surface area contributed by atoms with Gasteiger partial charge in [-0.3, -0.25) is 4.79 Å². The first kappa shape index (κ1) is 17.4. The van der Waals surface area contributed by atoms with E-state index in [9.17, 15) is 4.79 Å². The lowest BCUT2D eigenvalue weighted by atomic mass is 10.0. The summed E-state index contributed by atoms with van der Waals surface area (Å²) in [4.78, 5) is 15.6. The van der Waals surface area contributed by atoms with E-state index >= 15 is 0 Å². The predicted octanol–water partition coefficient (Wildman–Crippen LogP) is 4.63. The number of amides is 1. The monoisotopic (exact) mass is 343 g/mol. The molecule has 0 saturated carbocycles. The van der Waals surface area contributed by atoms with Crippen LogP contribution in [-0.2, 0) is 11.3 Å². The zero-order valence-corrected chi connectivity index (χ0v) is 14.6. The molecule has 2 aromatic carbocycles. The van der Waals surface area contributed by atoms with Crippen molar-refractivity contribution in [1.82, 2.24) is 10.3 Å². The summed E-state index contributed by atoms with van der Waals surface area (Å²) in [7, 11) is 0. The molecule has 0 spiro atoms. The molecule has 0 aliphatic heterocycles. The zero-order valence-electron chi connectivity index (χ0n) is 14.6. The van der Waals surface area contributed by atoms with Crippen molar-refractivity contribution in [2.75, 3.05) is 5.32 Å². The maximum atomic E-state index is 11.3. The average molecular weight is 343 g/mol. The minimum atomic E-state index is -0.0429. The van der Waals surface area contributed by atoms with Gasteiger partial charge in [0.1, 0.15) is 5.82 Å². The van der Waals surface area contributed by atoms with Crippen LogP contribution >= 0.6 is 0 Å². The van der Waals surface area contributed by atoms with Gasteiger partial charge < -0.3 is 10.6 Å². The Kier molecular flexibility index (Phi) is 5.78. The van der Waals surface area contributed by atoms with E-state index in [2.05, 4.69) is 46.0 Å². The maximum Gasteiger partial charge on any atom is 0.217 e. The van der Waals surface area contributed by atoms with Gasteiger partial charge >= 0.3 is 0 Å². The maximum absolute atomic E-state index is 11.3. The minimum absolute atomic E-state index is 0.0429. The number of hydrogen-bond donors (Lipinski definition) is 2. The minimum Gasteiger partial charge on any atom is -0.352 e. The lowest BCUT2D eigenvalue weighted by molar-refractivity contribution is -0.119. The van der Waals surface area contributed by atoms with Crippen LogP contribution in [0.1, 0.15) is 23.6 Å². The molecular weight excluding hydrogens is 322 g/mol. The third-order valence-electron chi connectivity index (χ3n) is 3.87. The molecule has 0 atom stereocenters. The third kappa shape index (κ3) is 5.05. The molecule has 0 bridgehead atoms. The number of aromatic nitrogens is 1. The van der Waals surface area contributed by atoms with E-state index in [0.29, 0.717) is 6.54 Å². The van der Waals surface area contributed by atoms with E-state index in [1.807, 2.05) is 48.5 Å². The van der Waals surface area contributed by atoms with Gasteiger partial charge in [0.25, 0.3) is 0 Å². The first-order chi connectivity index (χ1) is 12.7. The first-order valence-corrected chi connectivity index (χ1v) is 8.49. The smallest absolute Gasteiger partial charge is 0.217 e. The highest BCUT2D eigenvalue weighted by Crippen LogP contribution is 2.21. The molecule has 2 N–H and O–H groups in total. The molecule has 1 amide bonds. The third-order valence-corrected chi connectivity index (χ3v) is 3.87. The molecule has 4 nitrogen and oxygen atoms in total. The number of hydrogen-bond acceptors (Lipinski definition) is 3. The molecule has 0 saturated heterocycles. The van der Waals surface area contributed by atoms with Gasteiger partial charge in [-0.05, 0) is 41.0 Å². The number of nitrogens with zero attached hydrogens (tertiary/aromatic N) is 1.